The molecule has 1 amide bonds. The average molecular weight is 293 g/mol. The monoisotopic (exact) mass is 293 g/mol. The van der Waals surface area contributed by atoms with Crippen molar-refractivity contribution in [3.63, 3.8) is 0 Å². The van der Waals surface area contributed by atoms with Crippen LogP contribution in [0, 0.1) is 5.95 Å². The first-order chi connectivity index (χ1) is 10.2. The number of ether oxygens (including phenoxy) is 1. The molecule has 0 N–H and O–H groups in total. The van der Waals surface area contributed by atoms with Crippen molar-refractivity contribution in [2.75, 3.05) is 33.4 Å². The van der Waals surface area contributed by atoms with Gasteiger partial charge in [-0.25, -0.2) is 4.98 Å². The molecule has 0 saturated carbocycles. The maximum atomic E-state index is 13.2. The summed E-state index contributed by atoms with van der Waals surface area (Å²) < 4.78 is 18.3. The van der Waals surface area contributed by atoms with Gasteiger partial charge in [-0.05, 0) is 18.9 Å². The molecule has 21 heavy (non-hydrogen) atoms. The van der Waals surface area contributed by atoms with Crippen LogP contribution in [0.25, 0.3) is 0 Å². The van der Waals surface area contributed by atoms with Gasteiger partial charge >= 0.3 is 0 Å². The Kier molecular flexibility index (Phi) is 4.17. The SMILES string of the molecule is COCCN1C2CCC1CN(C(=O)c1ccnc(F)c1)C2. The number of hydrogen-bond acceptors (Lipinski definition) is 4. The Balaban J connectivity index is 1.68. The molecule has 0 aromatic carbocycles. The van der Waals surface area contributed by atoms with Crippen LogP contribution in [0.1, 0.15) is 23.2 Å². The fourth-order valence-corrected chi connectivity index (χ4v) is 3.44. The van der Waals surface area contributed by atoms with E-state index in [2.05, 4.69) is 9.88 Å². The zero-order chi connectivity index (χ0) is 14.8. The molecule has 2 aliphatic rings. The van der Waals surface area contributed by atoms with E-state index in [1.807, 2.05) is 4.90 Å². The first kappa shape index (κ1) is 14.4. The van der Waals surface area contributed by atoms with E-state index in [1.54, 1.807) is 13.2 Å². The van der Waals surface area contributed by atoms with Crippen molar-refractivity contribution in [3.8, 4) is 0 Å². The van der Waals surface area contributed by atoms with Crippen LogP contribution in [-0.4, -0.2) is 66.1 Å². The van der Waals surface area contributed by atoms with E-state index >= 15 is 0 Å². The lowest BCUT2D eigenvalue weighted by Crippen LogP contribution is -2.55. The third-order valence-electron chi connectivity index (χ3n) is 4.45. The number of methoxy groups -OCH3 is 1. The average Bonchev–Trinajstić information content (AvgIpc) is 2.72. The van der Waals surface area contributed by atoms with Crippen molar-refractivity contribution in [3.05, 3.63) is 29.8 Å². The quantitative estimate of drug-likeness (QED) is 0.782. The number of fused-ring (bicyclic) bond motifs is 2. The van der Waals surface area contributed by atoms with Crippen LogP contribution in [0.5, 0.6) is 0 Å². The fraction of sp³-hybridized carbons (Fsp3) is 0.600. The van der Waals surface area contributed by atoms with Crippen LogP contribution >= 0.6 is 0 Å². The van der Waals surface area contributed by atoms with Crippen molar-refractivity contribution in [2.24, 2.45) is 0 Å². The highest BCUT2D eigenvalue weighted by atomic mass is 19.1. The lowest BCUT2D eigenvalue weighted by atomic mass is 10.1. The van der Waals surface area contributed by atoms with Gasteiger partial charge in [0.2, 0.25) is 5.95 Å². The molecular weight excluding hydrogens is 273 g/mol. The number of halogens is 1. The second-order valence-corrected chi connectivity index (χ2v) is 5.69. The van der Waals surface area contributed by atoms with Crippen LogP contribution in [0.2, 0.25) is 0 Å². The van der Waals surface area contributed by atoms with E-state index in [0.29, 0.717) is 30.7 Å². The minimum absolute atomic E-state index is 0.0976. The number of pyridine rings is 1. The molecule has 0 radical (unpaired) electrons. The van der Waals surface area contributed by atoms with Crippen molar-refractivity contribution in [1.82, 2.24) is 14.8 Å². The molecule has 2 atom stereocenters. The first-order valence-corrected chi connectivity index (χ1v) is 7.34. The molecule has 0 spiro atoms. The molecule has 1 aromatic heterocycles. The van der Waals surface area contributed by atoms with Gasteiger partial charge in [-0.1, -0.05) is 0 Å². The Bertz CT molecular complexity index is 511. The second-order valence-electron chi connectivity index (χ2n) is 5.69. The van der Waals surface area contributed by atoms with Crippen LogP contribution < -0.4 is 0 Å². The normalized spacial score (nSPS) is 25.3. The molecule has 2 unspecified atom stereocenters. The number of aromatic nitrogens is 1. The van der Waals surface area contributed by atoms with Gasteiger partial charge < -0.3 is 9.64 Å². The predicted molar refractivity (Wildman–Crippen MR) is 75.5 cm³/mol. The van der Waals surface area contributed by atoms with Gasteiger partial charge in [0.15, 0.2) is 0 Å². The number of carbonyl (C=O) groups excluding carboxylic acids is 1. The van der Waals surface area contributed by atoms with E-state index in [-0.39, 0.29) is 5.91 Å². The number of likely N-dealkylation sites (tertiary alicyclic amines) is 1. The van der Waals surface area contributed by atoms with Gasteiger partial charge in [-0.3, -0.25) is 9.69 Å². The lowest BCUT2D eigenvalue weighted by Gasteiger charge is -2.41. The zero-order valence-electron chi connectivity index (χ0n) is 12.2. The zero-order valence-corrected chi connectivity index (χ0v) is 12.2. The summed E-state index contributed by atoms with van der Waals surface area (Å²) in [5, 5.41) is 0. The summed E-state index contributed by atoms with van der Waals surface area (Å²) in [4.78, 5) is 20.3. The molecule has 114 valence electrons. The minimum Gasteiger partial charge on any atom is -0.383 e. The summed E-state index contributed by atoms with van der Waals surface area (Å²) in [6, 6.07) is 3.58. The third-order valence-corrected chi connectivity index (χ3v) is 4.45. The first-order valence-electron chi connectivity index (χ1n) is 7.34. The maximum absolute atomic E-state index is 13.2. The Morgan fingerprint density at radius 3 is 2.76 bits per heavy atom. The Labute approximate surface area is 123 Å². The molecule has 2 fully saturated rings. The fourth-order valence-electron chi connectivity index (χ4n) is 3.44. The number of hydrogen-bond donors (Lipinski definition) is 0. The van der Waals surface area contributed by atoms with Gasteiger partial charge in [0.1, 0.15) is 0 Å². The van der Waals surface area contributed by atoms with E-state index in [0.717, 1.165) is 26.0 Å². The summed E-state index contributed by atoms with van der Waals surface area (Å²) in [7, 11) is 1.71. The topological polar surface area (TPSA) is 45.7 Å². The van der Waals surface area contributed by atoms with Crippen molar-refractivity contribution < 1.29 is 13.9 Å². The molecule has 1 aromatic rings. The van der Waals surface area contributed by atoms with Gasteiger partial charge in [0.25, 0.3) is 5.91 Å². The Morgan fingerprint density at radius 2 is 2.14 bits per heavy atom. The number of nitrogens with zero attached hydrogens (tertiary/aromatic N) is 3. The van der Waals surface area contributed by atoms with Gasteiger partial charge in [0, 0.05) is 56.7 Å². The largest absolute Gasteiger partial charge is 0.383 e. The molecule has 2 aliphatic heterocycles. The minimum atomic E-state index is -0.609. The van der Waals surface area contributed by atoms with E-state index in [9.17, 15) is 9.18 Å². The Morgan fingerprint density at radius 1 is 1.43 bits per heavy atom. The molecule has 2 bridgehead atoms. The summed E-state index contributed by atoms with van der Waals surface area (Å²) >= 11 is 0. The van der Waals surface area contributed by atoms with Gasteiger partial charge in [0.05, 0.1) is 6.61 Å². The predicted octanol–water partition coefficient (Wildman–Crippen LogP) is 1.16. The lowest BCUT2D eigenvalue weighted by molar-refractivity contribution is 0.0353. The molecule has 2 saturated heterocycles. The van der Waals surface area contributed by atoms with Crippen LogP contribution in [0.15, 0.2) is 18.3 Å². The van der Waals surface area contributed by atoms with Crippen molar-refractivity contribution in [1.29, 1.82) is 0 Å². The molecular formula is C15H20FN3O2. The van der Waals surface area contributed by atoms with Gasteiger partial charge in [-0.2, -0.15) is 4.39 Å². The highest BCUT2D eigenvalue weighted by molar-refractivity contribution is 5.94. The second kappa shape index (κ2) is 6.07. The number of piperazine rings is 1. The standard InChI is InChI=1S/C15H20FN3O2/c1-21-7-6-19-12-2-3-13(19)10-18(9-12)15(20)11-4-5-17-14(16)8-11/h4-5,8,12-13H,2-3,6-7,9-10H2,1H3. The molecule has 3 rings (SSSR count). The van der Waals surface area contributed by atoms with Gasteiger partial charge in [-0.15, -0.1) is 0 Å². The highest BCUT2D eigenvalue weighted by Crippen LogP contribution is 2.30. The van der Waals surface area contributed by atoms with Crippen LogP contribution in [0.3, 0.4) is 0 Å². The smallest absolute Gasteiger partial charge is 0.254 e. The number of amides is 1. The maximum Gasteiger partial charge on any atom is 0.254 e. The van der Waals surface area contributed by atoms with E-state index < -0.39 is 5.95 Å². The molecule has 5 nitrogen and oxygen atoms in total. The Hall–Kier alpha value is -1.53. The van der Waals surface area contributed by atoms with E-state index in [4.69, 9.17) is 4.74 Å². The third kappa shape index (κ3) is 2.91. The van der Waals surface area contributed by atoms with Crippen LogP contribution in [0.4, 0.5) is 4.39 Å². The van der Waals surface area contributed by atoms with Crippen molar-refractivity contribution >= 4 is 5.91 Å². The molecule has 6 heteroatoms. The van der Waals surface area contributed by atoms with Crippen LogP contribution in [-0.2, 0) is 4.74 Å². The van der Waals surface area contributed by atoms with E-state index in [1.165, 1.54) is 12.3 Å². The summed E-state index contributed by atoms with van der Waals surface area (Å²) in [6.45, 7) is 3.06. The highest BCUT2D eigenvalue weighted by Gasteiger charge is 2.41. The summed E-state index contributed by atoms with van der Waals surface area (Å²) in [6.07, 6.45) is 3.57. The number of carbonyl (C=O) groups is 1. The van der Waals surface area contributed by atoms with Crippen molar-refractivity contribution in [2.45, 2.75) is 24.9 Å². The molecule has 0 aliphatic carbocycles. The summed E-state index contributed by atoms with van der Waals surface area (Å²) in [5.74, 6) is -0.706. The number of rotatable bonds is 4. The summed E-state index contributed by atoms with van der Waals surface area (Å²) in [5.41, 5.74) is 0.382. The molecule has 3 heterocycles.